The van der Waals surface area contributed by atoms with E-state index < -0.39 is 12.5 Å². The Labute approximate surface area is 111 Å². The van der Waals surface area contributed by atoms with Gasteiger partial charge in [0.15, 0.2) is 12.5 Å². The third-order valence-electron chi connectivity index (χ3n) is 3.17. The number of hydrogen-bond acceptors (Lipinski definition) is 4. The molecular formula is C14H31NO3. The second-order valence-corrected chi connectivity index (χ2v) is 4.99. The van der Waals surface area contributed by atoms with Crippen LogP contribution in [-0.4, -0.2) is 34.4 Å². The monoisotopic (exact) mass is 261 g/mol. The van der Waals surface area contributed by atoms with E-state index in [1.54, 1.807) is 0 Å². The van der Waals surface area contributed by atoms with Gasteiger partial charge >= 0.3 is 0 Å². The number of aliphatic hydroxyl groups is 3. The topological polar surface area (TPSA) is 72.7 Å². The number of unbranched alkanes of at least 4 members (excludes halogenated alkanes) is 9. The molecule has 4 N–H and O–H groups in total. The van der Waals surface area contributed by atoms with Crippen LogP contribution in [-0.2, 0) is 0 Å². The first-order valence-electron chi connectivity index (χ1n) is 7.46. The maximum Gasteiger partial charge on any atom is 0.192 e. The summed E-state index contributed by atoms with van der Waals surface area (Å²) in [6.45, 7) is 2.87. The first-order valence-corrected chi connectivity index (χ1v) is 7.46. The van der Waals surface area contributed by atoms with Crippen molar-refractivity contribution in [2.75, 3.05) is 6.54 Å². The Hall–Kier alpha value is -0.160. The summed E-state index contributed by atoms with van der Waals surface area (Å²) >= 11 is 0. The van der Waals surface area contributed by atoms with E-state index in [2.05, 4.69) is 12.2 Å². The lowest BCUT2D eigenvalue weighted by Crippen LogP contribution is -2.39. The highest BCUT2D eigenvalue weighted by atomic mass is 16.5. The molecule has 0 aliphatic heterocycles. The van der Waals surface area contributed by atoms with Crippen LogP contribution in [0.1, 0.15) is 71.1 Å². The van der Waals surface area contributed by atoms with Crippen LogP contribution >= 0.6 is 0 Å². The summed E-state index contributed by atoms with van der Waals surface area (Å²) in [6, 6.07) is 0. The number of rotatable bonds is 13. The molecule has 0 fully saturated rings. The quantitative estimate of drug-likeness (QED) is 0.303. The van der Waals surface area contributed by atoms with Crippen LogP contribution in [0.3, 0.4) is 0 Å². The molecule has 0 aromatic rings. The molecular weight excluding hydrogens is 230 g/mol. The second kappa shape index (κ2) is 13.3. The molecule has 18 heavy (non-hydrogen) atoms. The van der Waals surface area contributed by atoms with Crippen molar-refractivity contribution in [3.05, 3.63) is 0 Å². The normalized spacial score (nSPS) is 13.2. The van der Waals surface area contributed by atoms with Crippen LogP contribution in [0.2, 0.25) is 0 Å². The Balaban J connectivity index is 3.03. The molecule has 0 rings (SSSR count). The van der Waals surface area contributed by atoms with Gasteiger partial charge in [0.2, 0.25) is 0 Å². The molecule has 0 aliphatic rings. The smallest absolute Gasteiger partial charge is 0.192 e. The van der Waals surface area contributed by atoms with E-state index in [9.17, 15) is 0 Å². The van der Waals surface area contributed by atoms with Crippen molar-refractivity contribution in [3.63, 3.8) is 0 Å². The van der Waals surface area contributed by atoms with Crippen molar-refractivity contribution in [1.82, 2.24) is 5.32 Å². The van der Waals surface area contributed by atoms with Crippen LogP contribution in [0.5, 0.6) is 0 Å². The maximum atomic E-state index is 9.06. The molecule has 1 atom stereocenters. The first kappa shape index (κ1) is 17.8. The Morgan fingerprint density at radius 3 is 1.61 bits per heavy atom. The average Bonchev–Trinajstić information content (AvgIpc) is 2.35. The van der Waals surface area contributed by atoms with Gasteiger partial charge < -0.3 is 15.3 Å². The molecule has 0 bridgehead atoms. The number of nitrogens with one attached hydrogen (secondary N) is 1. The second-order valence-electron chi connectivity index (χ2n) is 4.99. The molecule has 0 radical (unpaired) electrons. The van der Waals surface area contributed by atoms with E-state index in [1.165, 1.54) is 51.4 Å². The highest BCUT2D eigenvalue weighted by Gasteiger charge is 2.09. The molecule has 0 amide bonds. The van der Waals surface area contributed by atoms with Crippen LogP contribution in [0, 0.1) is 0 Å². The summed E-state index contributed by atoms with van der Waals surface area (Å²) in [4.78, 5) is 0. The molecule has 0 aromatic carbocycles. The lowest BCUT2D eigenvalue weighted by Gasteiger charge is -2.13. The third-order valence-corrected chi connectivity index (χ3v) is 3.17. The molecule has 0 spiro atoms. The van der Waals surface area contributed by atoms with Gasteiger partial charge in [0, 0.05) is 0 Å². The fourth-order valence-electron chi connectivity index (χ4n) is 1.97. The van der Waals surface area contributed by atoms with Gasteiger partial charge in [0.05, 0.1) is 0 Å². The van der Waals surface area contributed by atoms with Crippen molar-refractivity contribution in [3.8, 4) is 0 Å². The van der Waals surface area contributed by atoms with Crippen molar-refractivity contribution >= 4 is 0 Å². The van der Waals surface area contributed by atoms with Gasteiger partial charge in [-0.25, -0.2) is 0 Å². The molecule has 110 valence electrons. The fourth-order valence-corrected chi connectivity index (χ4v) is 1.97. The highest BCUT2D eigenvalue weighted by molar-refractivity contribution is 4.55. The number of aliphatic hydroxyl groups excluding tert-OH is 2. The summed E-state index contributed by atoms with van der Waals surface area (Å²) in [7, 11) is 0. The molecule has 0 heterocycles. The van der Waals surface area contributed by atoms with Crippen molar-refractivity contribution in [2.45, 2.75) is 83.6 Å². The van der Waals surface area contributed by atoms with E-state index in [0.717, 1.165) is 12.8 Å². The zero-order valence-corrected chi connectivity index (χ0v) is 11.8. The largest absolute Gasteiger partial charge is 0.373 e. The SMILES string of the molecule is CCCCCCCCCCCCNC(O)C(O)O. The summed E-state index contributed by atoms with van der Waals surface area (Å²) < 4.78 is 0. The van der Waals surface area contributed by atoms with Crippen LogP contribution in [0.15, 0.2) is 0 Å². The van der Waals surface area contributed by atoms with E-state index in [4.69, 9.17) is 15.3 Å². The molecule has 1 unspecified atom stereocenters. The molecule has 0 aromatic heterocycles. The van der Waals surface area contributed by atoms with Crippen LogP contribution < -0.4 is 5.32 Å². The van der Waals surface area contributed by atoms with Gasteiger partial charge in [-0.2, -0.15) is 0 Å². The Morgan fingerprint density at radius 1 is 0.722 bits per heavy atom. The number of hydrogen-bond donors (Lipinski definition) is 4. The van der Waals surface area contributed by atoms with Crippen molar-refractivity contribution in [2.24, 2.45) is 0 Å². The van der Waals surface area contributed by atoms with E-state index in [1.807, 2.05) is 0 Å². The zero-order valence-electron chi connectivity index (χ0n) is 11.8. The summed E-state index contributed by atoms with van der Waals surface area (Å²) in [6.07, 6.45) is 9.82. The minimum Gasteiger partial charge on any atom is -0.373 e. The Bertz CT molecular complexity index is 165. The van der Waals surface area contributed by atoms with Crippen molar-refractivity contribution < 1.29 is 15.3 Å². The van der Waals surface area contributed by atoms with Gasteiger partial charge in [-0.15, -0.1) is 0 Å². The molecule has 0 aliphatic carbocycles. The first-order chi connectivity index (χ1) is 8.68. The van der Waals surface area contributed by atoms with Gasteiger partial charge in [0.1, 0.15) is 0 Å². The van der Waals surface area contributed by atoms with Gasteiger partial charge in [0.25, 0.3) is 0 Å². The van der Waals surface area contributed by atoms with Crippen LogP contribution in [0.4, 0.5) is 0 Å². The molecule has 0 saturated carbocycles. The lowest BCUT2D eigenvalue weighted by molar-refractivity contribution is -0.132. The zero-order chi connectivity index (χ0) is 13.6. The summed E-state index contributed by atoms with van der Waals surface area (Å²) in [5.41, 5.74) is 0. The fraction of sp³-hybridized carbons (Fsp3) is 1.00. The van der Waals surface area contributed by atoms with Crippen LogP contribution in [0.25, 0.3) is 0 Å². The summed E-state index contributed by atoms with van der Waals surface area (Å²) in [5.74, 6) is 0. The Kier molecular flexibility index (Phi) is 13.2. The minimum atomic E-state index is -1.69. The predicted octanol–water partition coefficient (Wildman–Crippen LogP) is 2.13. The van der Waals surface area contributed by atoms with Gasteiger partial charge in [-0.05, 0) is 13.0 Å². The highest BCUT2D eigenvalue weighted by Crippen LogP contribution is 2.10. The summed E-state index contributed by atoms with van der Waals surface area (Å²) in [5, 5.41) is 29.0. The maximum absolute atomic E-state index is 9.06. The predicted molar refractivity (Wildman–Crippen MR) is 74.1 cm³/mol. The third kappa shape index (κ3) is 12.3. The minimum absolute atomic E-state index is 0.634. The molecule has 0 saturated heterocycles. The van der Waals surface area contributed by atoms with E-state index in [0.29, 0.717) is 6.54 Å². The molecule has 4 heteroatoms. The Morgan fingerprint density at radius 2 is 1.17 bits per heavy atom. The standard InChI is InChI=1S/C14H31NO3/c1-2-3-4-5-6-7-8-9-10-11-12-15-13(16)14(17)18/h13-18H,2-12H2,1H3. The van der Waals surface area contributed by atoms with E-state index >= 15 is 0 Å². The van der Waals surface area contributed by atoms with Gasteiger partial charge in [-0.3, -0.25) is 5.32 Å². The van der Waals surface area contributed by atoms with Crippen molar-refractivity contribution in [1.29, 1.82) is 0 Å². The average molecular weight is 261 g/mol. The van der Waals surface area contributed by atoms with E-state index in [-0.39, 0.29) is 0 Å². The molecule has 4 nitrogen and oxygen atoms in total. The van der Waals surface area contributed by atoms with Gasteiger partial charge in [-0.1, -0.05) is 64.7 Å². The lowest BCUT2D eigenvalue weighted by atomic mass is 10.1.